The van der Waals surface area contributed by atoms with Crippen LogP contribution >= 0.6 is 7.82 Å². The second kappa shape index (κ2) is 41.0. The molecule has 4 aromatic carbocycles. The van der Waals surface area contributed by atoms with E-state index in [0.29, 0.717) is 67.2 Å². The zero-order chi connectivity index (χ0) is 69.4. The lowest BCUT2D eigenvalue weighted by atomic mass is 9.95. The average molecular weight is 1380 g/mol. The first-order chi connectivity index (χ1) is 46.1. The number of hydrogen-bond acceptors (Lipinski definition) is 20. The molecule has 2 amide bonds. The lowest BCUT2D eigenvalue weighted by Gasteiger charge is -2.49. The summed E-state index contributed by atoms with van der Waals surface area (Å²) < 4.78 is 98.8. The first-order valence-electron chi connectivity index (χ1n) is 34.1. The van der Waals surface area contributed by atoms with E-state index in [0.717, 1.165) is 32.1 Å². The number of unbranched alkanes of at least 4 members (excludes halogenated alkanes) is 8. The Morgan fingerprint density at radius 2 is 0.844 bits per heavy atom. The van der Waals surface area contributed by atoms with Gasteiger partial charge >= 0.3 is 32.1 Å². The van der Waals surface area contributed by atoms with Gasteiger partial charge in [-0.3, -0.25) is 32.7 Å². The molecule has 2 N–H and O–H groups in total. The van der Waals surface area contributed by atoms with E-state index in [4.69, 9.17) is 60.6 Å². The van der Waals surface area contributed by atoms with Crippen molar-refractivity contribution in [3.05, 3.63) is 144 Å². The van der Waals surface area contributed by atoms with Gasteiger partial charge in [0, 0.05) is 25.7 Å². The van der Waals surface area contributed by atoms with E-state index in [9.17, 15) is 28.8 Å². The van der Waals surface area contributed by atoms with Crippen molar-refractivity contribution in [2.24, 2.45) is 0 Å². The van der Waals surface area contributed by atoms with Gasteiger partial charge in [0.25, 0.3) is 0 Å². The van der Waals surface area contributed by atoms with Crippen LogP contribution in [-0.2, 0) is 111 Å². The van der Waals surface area contributed by atoms with E-state index in [-0.39, 0.29) is 52.1 Å². The van der Waals surface area contributed by atoms with Crippen LogP contribution in [0.3, 0.4) is 0 Å². The van der Waals surface area contributed by atoms with Crippen molar-refractivity contribution in [1.29, 1.82) is 0 Å². The summed E-state index contributed by atoms with van der Waals surface area (Å²) >= 11 is 0. The number of rotatable bonds is 40. The smallest absolute Gasteiger partial charge is 0.457 e. The number of benzene rings is 4. The largest absolute Gasteiger partial charge is 0.509 e. The maximum Gasteiger partial charge on any atom is 0.509 e. The normalized spacial score (nSPS) is 21.3. The summed E-state index contributed by atoms with van der Waals surface area (Å²) in [6.45, 7) is 15.7. The number of phosphoric acid groups is 1. The van der Waals surface area contributed by atoms with Crippen LogP contribution in [0.4, 0.5) is 9.59 Å². The topological polar surface area (TPSA) is 264 Å². The van der Waals surface area contributed by atoms with Gasteiger partial charge in [-0.2, -0.15) is 0 Å². The summed E-state index contributed by atoms with van der Waals surface area (Å²) in [4.78, 5) is 85.6. The highest BCUT2D eigenvalue weighted by Crippen LogP contribution is 2.54. The predicted octanol–water partition coefficient (Wildman–Crippen LogP) is 14.6. The number of ether oxygens (including phenoxy) is 9. The van der Waals surface area contributed by atoms with Crippen LogP contribution < -0.4 is 10.6 Å². The van der Waals surface area contributed by atoms with Crippen molar-refractivity contribution in [3.63, 3.8) is 0 Å². The molecule has 0 bridgehead atoms. The standard InChI is InChI=1S/C72H103N2O20PSi/c1-10-14-22-42-58(75)73-62-67(91-61(78)45-25-17-13-4)65(93-95(81,86-48-54-38-30-20-31-39-54)87-49-55-40-32-21-33-41-55)57(51-85-70(79)83-46-52-34-26-18-27-35-52)88-68(62)82-50-56-64(92-71(80)84-47-53-36-28-19-29-37-53)66(90-60(77)44-24-16-12-3)63(74-59(76)43-23-15-11-2)69(89-56)94-96(8,9)72(5,6)7/h18-21,26-41,56-57,62-69H,10-17,22-25,42-51H2,1-9H3,(H,73,75)(H,74,76)/t56-,57-,62-,63-,64-,65-,66-,67-,68-,69+/m1/s1. The Hall–Kier alpha value is -6.53. The molecule has 0 radical (unpaired) electrons. The van der Waals surface area contributed by atoms with Crippen LogP contribution in [0.25, 0.3) is 0 Å². The molecule has 0 unspecified atom stereocenters. The molecule has 2 heterocycles. The quantitative estimate of drug-likeness (QED) is 0.0138. The molecular formula is C72H103N2O20PSi. The van der Waals surface area contributed by atoms with Crippen molar-refractivity contribution in [3.8, 4) is 0 Å². The summed E-state index contributed by atoms with van der Waals surface area (Å²) in [6, 6.07) is 32.7. The maximum absolute atomic E-state index is 15.7. The summed E-state index contributed by atoms with van der Waals surface area (Å²) in [5, 5.41) is 5.62. The van der Waals surface area contributed by atoms with Crippen molar-refractivity contribution < 1.29 is 94.0 Å². The number of phosphoric ester groups is 1. The Kier molecular flexibility index (Phi) is 33.5. The second-order valence-electron chi connectivity index (χ2n) is 25.7. The predicted molar refractivity (Wildman–Crippen MR) is 361 cm³/mol. The van der Waals surface area contributed by atoms with Crippen LogP contribution in [0.1, 0.15) is 173 Å². The Balaban J connectivity index is 1.52. The van der Waals surface area contributed by atoms with Crippen LogP contribution in [0.15, 0.2) is 121 Å². The molecule has 2 aliphatic rings. The third kappa shape index (κ3) is 26.7. The molecule has 0 aliphatic carbocycles. The first-order valence-corrected chi connectivity index (χ1v) is 38.5. The Morgan fingerprint density at radius 1 is 0.458 bits per heavy atom. The molecule has 4 aromatic rings. The fraction of sp³-hybridized carbons (Fsp3) is 0.583. The van der Waals surface area contributed by atoms with Crippen molar-refractivity contribution >= 4 is 52.2 Å². The van der Waals surface area contributed by atoms with Gasteiger partial charge in [-0.1, -0.05) is 221 Å². The molecule has 96 heavy (non-hydrogen) atoms. The van der Waals surface area contributed by atoms with Gasteiger partial charge in [-0.15, -0.1) is 0 Å². The summed E-state index contributed by atoms with van der Waals surface area (Å²) in [5.74, 6) is -2.32. The van der Waals surface area contributed by atoms with E-state index in [1.54, 1.807) is 109 Å². The summed E-state index contributed by atoms with van der Waals surface area (Å²) in [5.41, 5.74) is 2.48. The maximum atomic E-state index is 15.7. The minimum atomic E-state index is -4.90. The highest BCUT2D eigenvalue weighted by Gasteiger charge is 2.57. The minimum absolute atomic E-state index is 0.00547. The number of hydrogen-bond donors (Lipinski definition) is 2. The van der Waals surface area contributed by atoms with E-state index in [2.05, 4.69) is 10.6 Å². The zero-order valence-corrected chi connectivity index (χ0v) is 59.4. The van der Waals surface area contributed by atoms with Gasteiger partial charge in [0.2, 0.25) is 11.8 Å². The third-order valence-corrected chi connectivity index (χ3v) is 22.6. The molecule has 2 aliphatic heterocycles. The van der Waals surface area contributed by atoms with Gasteiger partial charge in [0.1, 0.15) is 50.2 Å². The van der Waals surface area contributed by atoms with E-state index in [1.807, 2.05) is 73.7 Å². The van der Waals surface area contributed by atoms with Gasteiger partial charge in [-0.05, 0) is 66.1 Å². The fourth-order valence-electron chi connectivity index (χ4n) is 10.4. The SMILES string of the molecule is CCCCCC(=O)N[C@H]1[C@H](O[Si](C)(C)C(C)(C)C)O[C@H](CO[C@@H]2O[C@H](COC(=O)OCc3ccccc3)[C@@H](OP(=O)(OCc3ccccc3)OCc3ccccc3)[C@H](OC(=O)CCCCC)[C@H]2NC(=O)CCCCC)[C@@H](OC(=O)OCc2ccccc2)[C@@H]1OC(=O)CCCCC. The third-order valence-electron chi connectivity index (χ3n) is 16.8. The molecular weight excluding hydrogens is 1270 g/mol. The molecule has 0 aromatic heterocycles. The Morgan fingerprint density at radius 3 is 1.28 bits per heavy atom. The first kappa shape index (κ1) is 78.5. The molecule has 2 saturated heterocycles. The highest BCUT2D eigenvalue weighted by molar-refractivity contribution is 7.48. The van der Waals surface area contributed by atoms with E-state index < -0.39 is 132 Å². The van der Waals surface area contributed by atoms with Crippen molar-refractivity contribution in [2.75, 3.05) is 13.2 Å². The van der Waals surface area contributed by atoms with Crippen LogP contribution in [0.2, 0.25) is 18.1 Å². The van der Waals surface area contributed by atoms with Gasteiger partial charge < -0.3 is 57.7 Å². The number of esters is 2. The number of carbonyl (C=O) groups is 6. The lowest BCUT2D eigenvalue weighted by molar-refractivity contribution is -0.297. The molecule has 2 fully saturated rings. The summed E-state index contributed by atoms with van der Waals surface area (Å²) in [6.07, 6.45) is -7.34. The molecule has 6 rings (SSSR count). The monoisotopic (exact) mass is 1370 g/mol. The number of carbonyl (C=O) groups excluding carboxylic acids is 6. The van der Waals surface area contributed by atoms with Crippen LogP contribution in [0.5, 0.6) is 0 Å². The van der Waals surface area contributed by atoms with E-state index >= 15 is 4.57 Å². The number of nitrogens with one attached hydrogen (secondary N) is 2. The fourth-order valence-corrected chi connectivity index (χ4v) is 12.9. The zero-order valence-electron chi connectivity index (χ0n) is 57.5. The molecule has 530 valence electrons. The van der Waals surface area contributed by atoms with Crippen molar-refractivity contribution in [2.45, 2.75) is 257 Å². The van der Waals surface area contributed by atoms with Crippen LogP contribution in [0, 0.1) is 0 Å². The van der Waals surface area contributed by atoms with Gasteiger partial charge in [-0.25, -0.2) is 14.2 Å². The van der Waals surface area contributed by atoms with Gasteiger partial charge in [0.15, 0.2) is 39.2 Å². The Bertz CT molecular complexity index is 2950. The lowest BCUT2D eigenvalue weighted by Crippen LogP contribution is -2.69. The van der Waals surface area contributed by atoms with Gasteiger partial charge in [0.05, 0.1) is 19.8 Å². The molecule has 0 spiro atoms. The van der Waals surface area contributed by atoms with Crippen molar-refractivity contribution in [1.82, 2.24) is 10.6 Å². The van der Waals surface area contributed by atoms with Crippen LogP contribution in [-0.4, -0.2) is 119 Å². The minimum Gasteiger partial charge on any atom is -0.457 e. The van der Waals surface area contributed by atoms with E-state index in [1.165, 1.54) is 0 Å². The Labute approximate surface area is 568 Å². The summed E-state index contributed by atoms with van der Waals surface area (Å²) in [7, 11) is -7.83. The highest BCUT2D eigenvalue weighted by atomic mass is 31.2. The molecule has 10 atom stereocenters. The number of amides is 2. The average Bonchev–Trinajstić information content (AvgIpc) is 0.771. The molecule has 0 saturated carbocycles. The molecule has 22 nitrogen and oxygen atoms in total. The second-order valence-corrected chi connectivity index (χ2v) is 32.1. The molecule has 24 heteroatoms.